The number of carbonyl (C=O) groups excluding carboxylic acids is 2. The first kappa shape index (κ1) is 17.2. The van der Waals surface area contributed by atoms with Gasteiger partial charge < -0.3 is 10.6 Å². The van der Waals surface area contributed by atoms with Crippen molar-refractivity contribution >= 4 is 35.0 Å². The summed E-state index contributed by atoms with van der Waals surface area (Å²) in [7, 11) is 0. The number of rotatable bonds is 5. The van der Waals surface area contributed by atoms with Crippen molar-refractivity contribution in [3.63, 3.8) is 0 Å². The van der Waals surface area contributed by atoms with E-state index in [0.717, 1.165) is 0 Å². The molecule has 120 valence electrons. The Bertz CT molecular complexity index is 738. The third-order valence-corrected chi connectivity index (χ3v) is 3.55. The standard InChI is InChI=1S/C16H13Cl2FN2O2/c17-10-5-6-13(18)12(9-10)16(23)21-8-7-20-15(22)11-3-1-2-4-14(11)19/h1-6,9H,7-8H2,(H,20,22)(H,21,23). The maximum atomic E-state index is 13.4. The molecule has 0 aliphatic heterocycles. The van der Waals surface area contributed by atoms with Gasteiger partial charge in [-0.25, -0.2) is 4.39 Å². The van der Waals surface area contributed by atoms with Gasteiger partial charge in [0.2, 0.25) is 0 Å². The van der Waals surface area contributed by atoms with Crippen LogP contribution >= 0.6 is 23.2 Å². The van der Waals surface area contributed by atoms with Gasteiger partial charge in [0, 0.05) is 18.1 Å². The number of halogens is 3. The molecule has 0 saturated heterocycles. The summed E-state index contributed by atoms with van der Waals surface area (Å²) >= 11 is 11.7. The molecule has 0 fully saturated rings. The van der Waals surface area contributed by atoms with Gasteiger partial charge in [-0.1, -0.05) is 35.3 Å². The maximum Gasteiger partial charge on any atom is 0.254 e. The molecule has 0 unspecified atom stereocenters. The van der Waals surface area contributed by atoms with E-state index in [1.807, 2.05) is 0 Å². The second-order valence-corrected chi connectivity index (χ2v) is 5.46. The minimum Gasteiger partial charge on any atom is -0.350 e. The fourth-order valence-corrected chi connectivity index (χ4v) is 2.23. The molecule has 0 aromatic heterocycles. The number of amides is 2. The zero-order chi connectivity index (χ0) is 16.8. The van der Waals surface area contributed by atoms with E-state index in [2.05, 4.69) is 10.6 Å². The number of benzene rings is 2. The van der Waals surface area contributed by atoms with E-state index >= 15 is 0 Å². The van der Waals surface area contributed by atoms with Crippen LogP contribution in [0.25, 0.3) is 0 Å². The summed E-state index contributed by atoms with van der Waals surface area (Å²) in [5, 5.41) is 5.79. The van der Waals surface area contributed by atoms with Crippen LogP contribution in [0.1, 0.15) is 20.7 Å². The maximum absolute atomic E-state index is 13.4. The molecule has 0 radical (unpaired) electrons. The second-order valence-electron chi connectivity index (χ2n) is 4.62. The molecule has 0 bridgehead atoms. The van der Waals surface area contributed by atoms with Gasteiger partial charge >= 0.3 is 0 Å². The van der Waals surface area contributed by atoms with E-state index in [1.54, 1.807) is 12.1 Å². The first-order valence-electron chi connectivity index (χ1n) is 6.75. The molecule has 0 saturated carbocycles. The highest BCUT2D eigenvalue weighted by Gasteiger charge is 2.12. The van der Waals surface area contributed by atoms with Crippen molar-refractivity contribution in [3.05, 3.63) is 69.5 Å². The van der Waals surface area contributed by atoms with Crippen LogP contribution in [0.2, 0.25) is 10.0 Å². The molecule has 2 rings (SSSR count). The summed E-state index contributed by atoms with van der Waals surface area (Å²) in [6, 6.07) is 10.2. The average Bonchev–Trinajstić information content (AvgIpc) is 2.53. The molecule has 0 aliphatic carbocycles. The molecule has 4 nitrogen and oxygen atoms in total. The first-order chi connectivity index (χ1) is 11.0. The Balaban J connectivity index is 1.83. The lowest BCUT2D eigenvalue weighted by Gasteiger charge is -2.09. The Morgan fingerprint density at radius 2 is 1.52 bits per heavy atom. The van der Waals surface area contributed by atoms with Crippen molar-refractivity contribution in [2.45, 2.75) is 0 Å². The highest BCUT2D eigenvalue weighted by Crippen LogP contribution is 2.20. The van der Waals surface area contributed by atoms with Crippen molar-refractivity contribution < 1.29 is 14.0 Å². The number of hydrogen-bond acceptors (Lipinski definition) is 2. The molecule has 7 heteroatoms. The van der Waals surface area contributed by atoms with Gasteiger partial charge in [0.1, 0.15) is 5.82 Å². The largest absolute Gasteiger partial charge is 0.350 e. The molecule has 23 heavy (non-hydrogen) atoms. The van der Waals surface area contributed by atoms with E-state index in [1.165, 1.54) is 30.3 Å². The summed E-state index contributed by atoms with van der Waals surface area (Å²) in [4.78, 5) is 23.7. The van der Waals surface area contributed by atoms with E-state index in [9.17, 15) is 14.0 Å². The Labute approximate surface area is 142 Å². The quantitative estimate of drug-likeness (QED) is 0.809. The minimum absolute atomic E-state index is 0.0447. The molecule has 2 aromatic carbocycles. The van der Waals surface area contributed by atoms with Gasteiger partial charge in [-0.15, -0.1) is 0 Å². The molecule has 2 aromatic rings. The van der Waals surface area contributed by atoms with Gasteiger partial charge in [0.15, 0.2) is 0 Å². The fraction of sp³-hybridized carbons (Fsp3) is 0.125. The topological polar surface area (TPSA) is 58.2 Å². The van der Waals surface area contributed by atoms with E-state index < -0.39 is 17.6 Å². The van der Waals surface area contributed by atoms with Crippen LogP contribution in [0.15, 0.2) is 42.5 Å². The summed E-state index contributed by atoms with van der Waals surface area (Å²) < 4.78 is 13.4. The van der Waals surface area contributed by atoms with E-state index in [0.29, 0.717) is 5.02 Å². The van der Waals surface area contributed by atoms with E-state index in [-0.39, 0.29) is 29.2 Å². The normalized spacial score (nSPS) is 10.2. The molecular formula is C16H13Cl2FN2O2. The average molecular weight is 355 g/mol. The zero-order valence-electron chi connectivity index (χ0n) is 11.9. The lowest BCUT2D eigenvalue weighted by atomic mass is 10.2. The van der Waals surface area contributed by atoms with Crippen molar-refractivity contribution in [3.8, 4) is 0 Å². The summed E-state index contributed by atoms with van der Waals surface area (Å²) in [6.45, 7) is 0.318. The van der Waals surface area contributed by atoms with Crippen molar-refractivity contribution in [1.82, 2.24) is 10.6 Å². The molecule has 0 atom stereocenters. The summed E-state index contributed by atoms with van der Waals surface area (Å²) in [6.07, 6.45) is 0. The monoisotopic (exact) mass is 354 g/mol. The fourth-order valence-electron chi connectivity index (χ4n) is 1.86. The highest BCUT2D eigenvalue weighted by atomic mass is 35.5. The van der Waals surface area contributed by atoms with Crippen LogP contribution in [0.5, 0.6) is 0 Å². The second kappa shape index (κ2) is 7.94. The highest BCUT2D eigenvalue weighted by molar-refractivity contribution is 6.35. The van der Waals surface area contributed by atoms with Crippen LogP contribution in [-0.2, 0) is 0 Å². The van der Waals surface area contributed by atoms with Crippen molar-refractivity contribution in [1.29, 1.82) is 0 Å². The lowest BCUT2D eigenvalue weighted by Crippen LogP contribution is -2.35. The van der Waals surface area contributed by atoms with Crippen LogP contribution in [0.3, 0.4) is 0 Å². The summed E-state index contributed by atoms with van der Waals surface area (Å²) in [5.74, 6) is -1.55. The molecule has 2 amide bonds. The summed E-state index contributed by atoms with van der Waals surface area (Å²) in [5.41, 5.74) is 0.205. The Morgan fingerprint density at radius 3 is 2.17 bits per heavy atom. The predicted octanol–water partition coefficient (Wildman–Crippen LogP) is 3.29. The van der Waals surface area contributed by atoms with Gasteiger partial charge in [-0.3, -0.25) is 9.59 Å². The first-order valence-corrected chi connectivity index (χ1v) is 7.50. The molecular weight excluding hydrogens is 342 g/mol. The van der Waals surface area contributed by atoms with Crippen LogP contribution in [-0.4, -0.2) is 24.9 Å². The Hall–Kier alpha value is -2.11. The van der Waals surface area contributed by atoms with Crippen molar-refractivity contribution in [2.75, 3.05) is 13.1 Å². The molecule has 0 spiro atoms. The van der Waals surface area contributed by atoms with Gasteiger partial charge in [0.25, 0.3) is 11.8 Å². The molecule has 0 aliphatic rings. The van der Waals surface area contributed by atoms with Gasteiger partial charge in [-0.05, 0) is 30.3 Å². The Kier molecular flexibility index (Phi) is 5.96. The SMILES string of the molecule is O=C(NCCNC(=O)c1cc(Cl)ccc1Cl)c1ccccc1F. The third-order valence-electron chi connectivity index (χ3n) is 2.99. The molecule has 0 heterocycles. The predicted molar refractivity (Wildman–Crippen MR) is 87.5 cm³/mol. The minimum atomic E-state index is -0.597. The number of hydrogen-bond donors (Lipinski definition) is 2. The number of nitrogens with one attached hydrogen (secondary N) is 2. The van der Waals surface area contributed by atoms with Crippen LogP contribution in [0.4, 0.5) is 4.39 Å². The van der Waals surface area contributed by atoms with Crippen LogP contribution < -0.4 is 10.6 Å². The van der Waals surface area contributed by atoms with Gasteiger partial charge in [-0.2, -0.15) is 0 Å². The van der Waals surface area contributed by atoms with Gasteiger partial charge in [0.05, 0.1) is 16.1 Å². The smallest absolute Gasteiger partial charge is 0.254 e. The lowest BCUT2D eigenvalue weighted by molar-refractivity contribution is 0.0925. The van der Waals surface area contributed by atoms with E-state index in [4.69, 9.17) is 23.2 Å². The zero-order valence-corrected chi connectivity index (χ0v) is 13.4. The third kappa shape index (κ3) is 4.68. The van der Waals surface area contributed by atoms with Crippen molar-refractivity contribution in [2.24, 2.45) is 0 Å². The van der Waals surface area contributed by atoms with Crippen LogP contribution in [0, 0.1) is 5.82 Å². The molecule has 2 N–H and O–H groups in total. The number of carbonyl (C=O) groups is 2. The Morgan fingerprint density at radius 1 is 0.913 bits per heavy atom.